The Morgan fingerprint density at radius 2 is 2.07 bits per heavy atom. The SMILES string of the molecule is COc1cncc(CCNC(C)(C)C)c1. The molecule has 1 aromatic rings. The fourth-order valence-corrected chi connectivity index (χ4v) is 1.29. The van der Waals surface area contributed by atoms with Crippen LogP contribution in [0.4, 0.5) is 0 Å². The van der Waals surface area contributed by atoms with Gasteiger partial charge in [0.1, 0.15) is 5.75 Å². The predicted octanol–water partition coefficient (Wildman–Crippen LogP) is 2.02. The van der Waals surface area contributed by atoms with Crippen molar-refractivity contribution in [1.82, 2.24) is 10.3 Å². The molecule has 0 radical (unpaired) electrons. The molecule has 15 heavy (non-hydrogen) atoms. The molecule has 0 unspecified atom stereocenters. The van der Waals surface area contributed by atoms with Crippen LogP contribution in [0.15, 0.2) is 18.5 Å². The largest absolute Gasteiger partial charge is 0.495 e. The van der Waals surface area contributed by atoms with E-state index in [-0.39, 0.29) is 5.54 Å². The maximum atomic E-state index is 5.12. The first-order valence-corrected chi connectivity index (χ1v) is 5.24. The number of pyridine rings is 1. The van der Waals surface area contributed by atoms with Gasteiger partial charge in [0.25, 0.3) is 0 Å². The van der Waals surface area contributed by atoms with E-state index < -0.39 is 0 Å². The molecule has 0 aromatic carbocycles. The average Bonchev–Trinajstić information content (AvgIpc) is 2.16. The zero-order chi connectivity index (χ0) is 11.3. The summed E-state index contributed by atoms with van der Waals surface area (Å²) in [5.74, 6) is 0.822. The molecule has 0 atom stereocenters. The number of nitrogens with one attached hydrogen (secondary N) is 1. The van der Waals surface area contributed by atoms with E-state index in [0.717, 1.165) is 18.7 Å². The fraction of sp³-hybridized carbons (Fsp3) is 0.583. The quantitative estimate of drug-likeness (QED) is 0.822. The van der Waals surface area contributed by atoms with Crippen molar-refractivity contribution in [2.45, 2.75) is 32.7 Å². The Bertz CT molecular complexity index is 305. The smallest absolute Gasteiger partial charge is 0.137 e. The van der Waals surface area contributed by atoms with E-state index >= 15 is 0 Å². The Hall–Kier alpha value is -1.09. The molecule has 3 heteroatoms. The lowest BCUT2D eigenvalue weighted by atomic mass is 10.1. The summed E-state index contributed by atoms with van der Waals surface area (Å²) in [4.78, 5) is 4.12. The van der Waals surface area contributed by atoms with Gasteiger partial charge in [-0.1, -0.05) is 0 Å². The molecule has 1 rings (SSSR count). The highest BCUT2D eigenvalue weighted by Crippen LogP contribution is 2.10. The number of hydrogen-bond donors (Lipinski definition) is 1. The molecule has 1 N–H and O–H groups in total. The van der Waals surface area contributed by atoms with Gasteiger partial charge in [-0.3, -0.25) is 4.98 Å². The molecule has 0 saturated heterocycles. The van der Waals surface area contributed by atoms with Crippen LogP contribution in [0.2, 0.25) is 0 Å². The lowest BCUT2D eigenvalue weighted by molar-refractivity contribution is 0.411. The van der Waals surface area contributed by atoms with Gasteiger partial charge in [0.05, 0.1) is 13.3 Å². The minimum atomic E-state index is 0.173. The van der Waals surface area contributed by atoms with Gasteiger partial charge in [-0.25, -0.2) is 0 Å². The Morgan fingerprint density at radius 3 is 2.67 bits per heavy atom. The van der Waals surface area contributed by atoms with E-state index in [1.807, 2.05) is 12.3 Å². The monoisotopic (exact) mass is 208 g/mol. The lowest BCUT2D eigenvalue weighted by Crippen LogP contribution is -2.37. The third kappa shape index (κ3) is 4.79. The van der Waals surface area contributed by atoms with Gasteiger partial charge in [-0.05, 0) is 45.4 Å². The van der Waals surface area contributed by atoms with Crippen LogP contribution < -0.4 is 10.1 Å². The van der Waals surface area contributed by atoms with Crippen LogP contribution in [-0.4, -0.2) is 24.2 Å². The molecule has 1 heterocycles. The van der Waals surface area contributed by atoms with Crippen LogP contribution >= 0.6 is 0 Å². The van der Waals surface area contributed by atoms with Gasteiger partial charge >= 0.3 is 0 Å². The number of hydrogen-bond acceptors (Lipinski definition) is 3. The first-order chi connectivity index (χ1) is 7.01. The molecule has 0 fully saturated rings. The number of rotatable bonds is 4. The second-order valence-electron chi connectivity index (χ2n) is 4.66. The van der Waals surface area contributed by atoms with Crippen molar-refractivity contribution >= 4 is 0 Å². The van der Waals surface area contributed by atoms with Crippen molar-refractivity contribution in [3.63, 3.8) is 0 Å². The number of aromatic nitrogens is 1. The summed E-state index contributed by atoms with van der Waals surface area (Å²) >= 11 is 0. The molecular formula is C12H20N2O. The van der Waals surface area contributed by atoms with Gasteiger partial charge < -0.3 is 10.1 Å². The first-order valence-electron chi connectivity index (χ1n) is 5.24. The van der Waals surface area contributed by atoms with E-state index in [1.54, 1.807) is 13.3 Å². The van der Waals surface area contributed by atoms with Crippen LogP contribution in [0.3, 0.4) is 0 Å². The number of methoxy groups -OCH3 is 1. The Labute approximate surface area is 91.9 Å². The van der Waals surface area contributed by atoms with E-state index in [1.165, 1.54) is 5.56 Å². The third-order valence-electron chi connectivity index (χ3n) is 2.07. The van der Waals surface area contributed by atoms with Crippen molar-refractivity contribution in [3.05, 3.63) is 24.0 Å². The molecule has 84 valence electrons. The van der Waals surface area contributed by atoms with Crippen LogP contribution in [-0.2, 0) is 6.42 Å². The number of nitrogens with zero attached hydrogens (tertiary/aromatic N) is 1. The zero-order valence-electron chi connectivity index (χ0n) is 10.0. The normalized spacial score (nSPS) is 11.5. The van der Waals surface area contributed by atoms with Gasteiger partial charge in [-0.2, -0.15) is 0 Å². The van der Waals surface area contributed by atoms with Crippen LogP contribution in [0.25, 0.3) is 0 Å². The molecule has 3 nitrogen and oxygen atoms in total. The minimum Gasteiger partial charge on any atom is -0.495 e. The van der Waals surface area contributed by atoms with Gasteiger partial charge in [0.2, 0.25) is 0 Å². The highest BCUT2D eigenvalue weighted by molar-refractivity contribution is 5.23. The zero-order valence-corrected chi connectivity index (χ0v) is 10.0. The summed E-state index contributed by atoms with van der Waals surface area (Å²) in [6.07, 6.45) is 4.58. The summed E-state index contributed by atoms with van der Waals surface area (Å²) in [5, 5.41) is 3.44. The first kappa shape index (κ1) is 12.0. The maximum Gasteiger partial charge on any atom is 0.137 e. The highest BCUT2D eigenvalue weighted by Gasteiger charge is 2.07. The Morgan fingerprint density at radius 1 is 1.33 bits per heavy atom. The lowest BCUT2D eigenvalue weighted by Gasteiger charge is -2.20. The maximum absolute atomic E-state index is 5.12. The van der Waals surface area contributed by atoms with E-state index in [0.29, 0.717) is 0 Å². The van der Waals surface area contributed by atoms with Crippen molar-refractivity contribution < 1.29 is 4.74 Å². The van der Waals surface area contributed by atoms with E-state index in [4.69, 9.17) is 4.74 Å². The van der Waals surface area contributed by atoms with Gasteiger partial charge in [0, 0.05) is 11.7 Å². The van der Waals surface area contributed by atoms with Crippen molar-refractivity contribution in [2.75, 3.05) is 13.7 Å². The van der Waals surface area contributed by atoms with Gasteiger partial charge in [-0.15, -0.1) is 0 Å². The van der Waals surface area contributed by atoms with Gasteiger partial charge in [0.15, 0.2) is 0 Å². The Balaban J connectivity index is 2.44. The average molecular weight is 208 g/mol. The highest BCUT2D eigenvalue weighted by atomic mass is 16.5. The summed E-state index contributed by atoms with van der Waals surface area (Å²) < 4.78 is 5.12. The minimum absolute atomic E-state index is 0.173. The topological polar surface area (TPSA) is 34.1 Å². The fourth-order valence-electron chi connectivity index (χ4n) is 1.29. The Kier molecular flexibility index (Phi) is 4.09. The summed E-state index contributed by atoms with van der Waals surface area (Å²) in [6.45, 7) is 7.45. The standard InChI is InChI=1S/C12H20N2O/c1-12(2,3)14-6-5-10-7-11(15-4)9-13-8-10/h7-9,14H,5-6H2,1-4H3. The number of ether oxygens (including phenoxy) is 1. The van der Waals surface area contributed by atoms with Crippen LogP contribution in [0.5, 0.6) is 5.75 Å². The molecule has 0 saturated carbocycles. The molecular weight excluding hydrogens is 188 g/mol. The molecule has 0 aliphatic carbocycles. The second kappa shape index (κ2) is 5.12. The molecule has 0 aliphatic rings. The molecule has 1 aromatic heterocycles. The second-order valence-corrected chi connectivity index (χ2v) is 4.66. The van der Waals surface area contributed by atoms with Crippen LogP contribution in [0, 0.1) is 0 Å². The molecule has 0 bridgehead atoms. The van der Waals surface area contributed by atoms with E-state index in [2.05, 4.69) is 31.1 Å². The third-order valence-corrected chi connectivity index (χ3v) is 2.07. The van der Waals surface area contributed by atoms with E-state index in [9.17, 15) is 0 Å². The van der Waals surface area contributed by atoms with Crippen molar-refractivity contribution in [3.8, 4) is 5.75 Å². The predicted molar refractivity (Wildman–Crippen MR) is 62.2 cm³/mol. The van der Waals surface area contributed by atoms with Crippen molar-refractivity contribution in [2.24, 2.45) is 0 Å². The van der Waals surface area contributed by atoms with Crippen LogP contribution in [0.1, 0.15) is 26.3 Å². The summed E-state index contributed by atoms with van der Waals surface area (Å²) in [7, 11) is 1.66. The summed E-state index contributed by atoms with van der Waals surface area (Å²) in [5.41, 5.74) is 1.37. The van der Waals surface area contributed by atoms with Crippen molar-refractivity contribution in [1.29, 1.82) is 0 Å². The molecule has 0 aliphatic heterocycles. The molecule has 0 amide bonds. The summed E-state index contributed by atoms with van der Waals surface area (Å²) in [6, 6.07) is 2.03. The molecule has 0 spiro atoms.